The number of benzene rings is 3. The highest BCUT2D eigenvalue weighted by molar-refractivity contribution is 6.34. The summed E-state index contributed by atoms with van der Waals surface area (Å²) in [6.45, 7) is 4.30. The monoisotopic (exact) mass is 802 g/mol. The van der Waals surface area contributed by atoms with Gasteiger partial charge in [0, 0.05) is 52.9 Å². The highest BCUT2D eigenvalue weighted by Crippen LogP contribution is 2.48. The van der Waals surface area contributed by atoms with Gasteiger partial charge in [-0.15, -0.1) is 0 Å². The van der Waals surface area contributed by atoms with Crippen molar-refractivity contribution in [3.8, 4) is 28.2 Å². The van der Waals surface area contributed by atoms with Crippen LogP contribution >= 0.6 is 23.2 Å². The van der Waals surface area contributed by atoms with Crippen LogP contribution in [0.25, 0.3) is 33.4 Å². The third-order valence-electron chi connectivity index (χ3n) is 8.14. The summed E-state index contributed by atoms with van der Waals surface area (Å²) < 4.78 is 26.8. The van der Waals surface area contributed by atoms with E-state index in [0.717, 1.165) is 6.07 Å². The molecule has 17 heteroatoms. The predicted octanol–water partition coefficient (Wildman–Crippen LogP) is 5.13. The van der Waals surface area contributed by atoms with Gasteiger partial charge in [0.15, 0.2) is 0 Å². The van der Waals surface area contributed by atoms with Crippen molar-refractivity contribution >= 4 is 64.0 Å². The molecule has 2 aromatic rings. The van der Waals surface area contributed by atoms with Gasteiger partial charge < -0.3 is 33.6 Å². The minimum atomic E-state index is -1.32. The average molecular weight is 804 g/mol. The number of rotatable bonds is 18. The van der Waals surface area contributed by atoms with E-state index in [1.54, 1.807) is 33.8 Å². The molecule has 4 rings (SSSR count). The summed E-state index contributed by atoms with van der Waals surface area (Å²) in [4.78, 5) is 79.9. The van der Waals surface area contributed by atoms with Crippen molar-refractivity contribution in [2.24, 2.45) is 0 Å². The number of fused-ring (bicyclic) bond motifs is 2. The molecule has 2 aliphatic rings. The van der Waals surface area contributed by atoms with Crippen LogP contribution in [0.15, 0.2) is 45.6 Å². The first-order valence-corrected chi connectivity index (χ1v) is 18.0. The van der Waals surface area contributed by atoms with Crippen LogP contribution in [0.4, 0.5) is 0 Å². The predicted molar refractivity (Wildman–Crippen MR) is 200 cm³/mol. The van der Waals surface area contributed by atoms with Crippen molar-refractivity contribution < 1.29 is 57.6 Å². The van der Waals surface area contributed by atoms with Gasteiger partial charge >= 0.3 is 29.8 Å². The maximum absolute atomic E-state index is 13.4. The number of phenolic OH excluding ortho intramolecular Hbond substituents is 1. The van der Waals surface area contributed by atoms with E-state index in [2.05, 4.69) is 0 Å². The number of carbonyl (C=O) groups is 5. The van der Waals surface area contributed by atoms with E-state index >= 15 is 0 Å². The lowest BCUT2D eigenvalue weighted by Gasteiger charge is -2.27. The lowest BCUT2D eigenvalue weighted by atomic mass is 9.86. The Morgan fingerprint density at radius 1 is 0.691 bits per heavy atom. The number of nitrogens with zero attached hydrogens (tertiary/aromatic N) is 2. The molecule has 0 saturated carbocycles. The molecular formula is C38H40Cl2N2O13. The number of esters is 4. The number of hydrogen-bond donors (Lipinski definition) is 2. The number of carboxylic acid groups (broad SMARTS) is 1. The second-order valence-electron chi connectivity index (χ2n) is 11.9. The Hall–Kier alpha value is -5.22. The molecule has 0 spiro atoms. The van der Waals surface area contributed by atoms with Crippen LogP contribution in [0.3, 0.4) is 0 Å². The van der Waals surface area contributed by atoms with Crippen molar-refractivity contribution in [2.75, 3.05) is 52.6 Å². The van der Waals surface area contributed by atoms with Gasteiger partial charge in [-0.1, -0.05) is 41.4 Å². The van der Waals surface area contributed by atoms with E-state index in [1.165, 1.54) is 34.1 Å². The topological polar surface area (TPSA) is 199 Å². The number of carbonyl (C=O) groups excluding carboxylic acids is 4. The number of ether oxygens (including phenoxy) is 4. The van der Waals surface area contributed by atoms with Gasteiger partial charge in [0.05, 0.1) is 68.2 Å². The van der Waals surface area contributed by atoms with E-state index in [9.17, 15) is 39.0 Å². The van der Waals surface area contributed by atoms with Gasteiger partial charge in [0.2, 0.25) is 5.43 Å². The molecule has 0 atom stereocenters. The van der Waals surface area contributed by atoms with E-state index in [-0.39, 0.29) is 99.7 Å². The summed E-state index contributed by atoms with van der Waals surface area (Å²) in [6, 6.07) is 8.22. The summed E-state index contributed by atoms with van der Waals surface area (Å²) in [5.41, 5.74) is -0.483. The summed E-state index contributed by atoms with van der Waals surface area (Å²) in [5.74, 6) is -4.63. The Bertz CT molecular complexity index is 2080. The van der Waals surface area contributed by atoms with Gasteiger partial charge in [-0.3, -0.25) is 33.8 Å². The number of aromatic carboxylic acids is 1. The molecule has 1 heterocycles. The standard InChI is InChI=1S/C38H40Cl2N2O13/c1-5-51-29(45)17-41(18-30(46)52-6-2)15-23-33-27(13-25(43)36(23)39)55-28-14-26(44)37(40)24(16-42(19-31(47)53-7-3)20-32(48)54-8-4)34(28)35(33)21-11-9-10-12-22(21)38(49)50/h9-14,43H,5-8,15-20H2,1-4H3,(H,49,50). The van der Waals surface area contributed by atoms with Crippen molar-refractivity contribution in [1.82, 2.24) is 9.80 Å². The fraction of sp³-hybridized carbons (Fsp3) is 0.368. The third kappa shape index (κ3) is 10.3. The summed E-state index contributed by atoms with van der Waals surface area (Å²) in [6.07, 6.45) is 0. The zero-order valence-corrected chi connectivity index (χ0v) is 32.1. The van der Waals surface area contributed by atoms with Crippen molar-refractivity contribution in [3.05, 3.63) is 73.4 Å². The summed E-state index contributed by atoms with van der Waals surface area (Å²) in [7, 11) is 0. The number of hydrogen-bond acceptors (Lipinski definition) is 14. The lowest BCUT2D eigenvalue weighted by molar-refractivity contribution is -0.150. The van der Waals surface area contributed by atoms with E-state index in [1.807, 2.05) is 0 Å². The molecule has 1 aliphatic heterocycles. The van der Waals surface area contributed by atoms with Crippen LogP contribution in [0.1, 0.15) is 49.2 Å². The number of phenols is 1. The highest BCUT2D eigenvalue weighted by Gasteiger charge is 2.32. The molecule has 294 valence electrons. The molecule has 55 heavy (non-hydrogen) atoms. The van der Waals surface area contributed by atoms with Crippen molar-refractivity contribution in [1.29, 1.82) is 0 Å². The maximum atomic E-state index is 13.4. The third-order valence-corrected chi connectivity index (χ3v) is 8.98. The zero-order chi connectivity index (χ0) is 40.4. The Morgan fingerprint density at radius 3 is 1.64 bits per heavy atom. The molecule has 0 amide bonds. The highest BCUT2D eigenvalue weighted by atomic mass is 35.5. The van der Waals surface area contributed by atoms with Crippen LogP contribution in [-0.2, 0) is 51.2 Å². The van der Waals surface area contributed by atoms with E-state index in [4.69, 9.17) is 46.6 Å². The smallest absolute Gasteiger partial charge is 0.336 e. The van der Waals surface area contributed by atoms with Gasteiger partial charge in [0.1, 0.15) is 17.1 Å². The van der Waals surface area contributed by atoms with Crippen molar-refractivity contribution in [3.63, 3.8) is 0 Å². The first-order valence-electron chi connectivity index (χ1n) is 17.3. The van der Waals surface area contributed by atoms with Gasteiger partial charge in [0.25, 0.3) is 0 Å². The SMILES string of the molecule is CCOC(=O)CN(CC(=O)OCC)Cc1c2c(-c3ccccc3C(=O)O)c3c(CN(CC(=O)OCC)CC(=O)OCC)c(Cl)c(O)cc3oc-2cc(=O)c1Cl. The fourth-order valence-corrected chi connectivity index (χ4v) is 6.50. The lowest BCUT2D eigenvalue weighted by Crippen LogP contribution is -2.36. The molecule has 0 aromatic heterocycles. The Labute approximate surface area is 325 Å². The molecule has 1 aliphatic carbocycles. The zero-order valence-electron chi connectivity index (χ0n) is 30.6. The summed E-state index contributed by atoms with van der Waals surface area (Å²) >= 11 is 13.6. The van der Waals surface area contributed by atoms with Crippen LogP contribution < -0.4 is 5.43 Å². The van der Waals surface area contributed by atoms with E-state index in [0.29, 0.717) is 0 Å². The molecule has 0 radical (unpaired) electrons. The summed E-state index contributed by atoms with van der Waals surface area (Å²) in [5, 5.41) is 21.1. The molecule has 0 saturated heterocycles. The molecule has 2 aromatic carbocycles. The molecular weight excluding hydrogens is 763 g/mol. The minimum Gasteiger partial charge on any atom is -0.506 e. The Balaban J connectivity index is 2.16. The minimum absolute atomic E-state index is 0.0451. The number of halogens is 2. The Morgan fingerprint density at radius 2 is 1.16 bits per heavy atom. The number of aromatic hydroxyl groups is 1. The fourth-order valence-electron chi connectivity index (χ4n) is 6.08. The van der Waals surface area contributed by atoms with E-state index < -0.39 is 67.2 Å². The second-order valence-corrected chi connectivity index (χ2v) is 12.7. The van der Waals surface area contributed by atoms with Crippen LogP contribution in [0, 0.1) is 0 Å². The molecule has 15 nitrogen and oxygen atoms in total. The van der Waals surface area contributed by atoms with Crippen LogP contribution in [0.5, 0.6) is 5.75 Å². The van der Waals surface area contributed by atoms with Gasteiger partial charge in [-0.05, 0) is 39.3 Å². The molecule has 0 fully saturated rings. The average Bonchev–Trinajstić information content (AvgIpc) is 3.11. The molecule has 2 N–H and O–H groups in total. The Kier molecular flexibility index (Phi) is 15.0. The normalized spacial score (nSPS) is 11.3. The second kappa shape index (κ2) is 19.4. The first kappa shape index (κ1) is 42.5. The van der Waals surface area contributed by atoms with Crippen LogP contribution in [0.2, 0.25) is 10.0 Å². The molecule has 0 bridgehead atoms. The quantitative estimate of drug-likeness (QED) is 0.0762. The maximum Gasteiger partial charge on any atom is 0.336 e. The van der Waals surface area contributed by atoms with Crippen molar-refractivity contribution in [2.45, 2.75) is 40.8 Å². The first-order chi connectivity index (χ1) is 26.2. The number of carboxylic acids is 1. The largest absolute Gasteiger partial charge is 0.506 e. The van der Waals surface area contributed by atoms with Gasteiger partial charge in [-0.2, -0.15) is 0 Å². The van der Waals surface area contributed by atoms with Crippen LogP contribution in [-0.4, -0.2) is 102 Å². The van der Waals surface area contributed by atoms with Gasteiger partial charge in [-0.25, -0.2) is 4.79 Å². The molecule has 0 unspecified atom stereocenters.